The zero-order valence-corrected chi connectivity index (χ0v) is 13.5. The number of aromatic amines is 1. The Kier molecular flexibility index (Phi) is 3.76. The minimum absolute atomic E-state index is 0.00362. The molecule has 124 valence electrons. The first-order valence-electron chi connectivity index (χ1n) is 8.29. The zero-order chi connectivity index (χ0) is 16.5. The molecular weight excluding hydrogens is 306 g/mol. The van der Waals surface area contributed by atoms with Crippen LogP contribution >= 0.6 is 0 Å². The van der Waals surface area contributed by atoms with Gasteiger partial charge in [0.1, 0.15) is 5.82 Å². The van der Waals surface area contributed by atoms with Crippen LogP contribution in [0.15, 0.2) is 29.2 Å². The van der Waals surface area contributed by atoms with Gasteiger partial charge in [0.05, 0.1) is 16.6 Å². The highest BCUT2D eigenvalue weighted by Gasteiger charge is 2.27. The van der Waals surface area contributed by atoms with Gasteiger partial charge in [-0.15, -0.1) is 0 Å². The van der Waals surface area contributed by atoms with Gasteiger partial charge >= 0.3 is 0 Å². The number of nitrogens with zero attached hydrogens (tertiary/aromatic N) is 4. The fourth-order valence-corrected chi connectivity index (χ4v) is 3.32. The number of pyridine rings is 1. The van der Waals surface area contributed by atoms with E-state index in [9.17, 15) is 4.79 Å². The van der Waals surface area contributed by atoms with Crippen molar-refractivity contribution in [1.82, 2.24) is 25.0 Å². The maximum atomic E-state index is 12.9. The second-order valence-corrected chi connectivity index (χ2v) is 6.12. The Morgan fingerprint density at radius 1 is 1.46 bits per heavy atom. The smallest absolute Gasteiger partial charge is 0.257 e. The molecule has 1 saturated heterocycles. The number of nitrogens with one attached hydrogen (secondary N) is 1. The van der Waals surface area contributed by atoms with E-state index in [-0.39, 0.29) is 11.8 Å². The Bertz CT molecular complexity index is 855. The number of likely N-dealkylation sites (tertiary alicyclic amines) is 1. The van der Waals surface area contributed by atoms with Crippen LogP contribution in [0.5, 0.6) is 0 Å². The number of hydrogen-bond donors (Lipinski definition) is 1. The molecule has 1 aliphatic rings. The number of aromatic nitrogens is 4. The van der Waals surface area contributed by atoms with Gasteiger partial charge in [-0.2, -0.15) is 0 Å². The lowest BCUT2D eigenvalue weighted by Crippen LogP contribution is -2.39. The molecular formula is C17H19N5O2. The topological polar surface area (TPSA) is 87.9 Å². The number of amides is 1. The van der Waals surface area contributed by atoms with Gasteiger partial charge in [-0.1, -0.05) is 12.1 Å². The average molecular weight is 325 g/mol. The molecule has 4 rings (SSSR count). The van der Waals surface area contributed by atoms with E-state index in [1.807, 2.05) is 24.1 Å². The summed E-state index contributed by atoms with van der Waals surface area (Å²) < 4.78 is 5.19. The molecule has 24 heavy (non-hydrogen) atoms. The van der Waals surface area contributed by atoms with Crippen molar-refractivity contribution in [2.75, 3.05) is 13.1 Å². The summed E-state index contributed by atoms with van der Waals surface area (Å²) in [5.74, 6) is 1.22. The van der Waals surface area contributed by atoms with E-state index in [0.29, 0.717) is 17.8 Å². The van der Waals surface area contributed by atoms with Gasteiger partial charge in [0.15, 0.2) is 0 Å². The Hall–Kier alpha value is -2.70. The highest BCUT2D eigenvalue weighted by molar-refractivity contribution is 5.97. The third kappa shape index (κ3) is 2.55. The standard InChI is InChI=1S/C17H19N5O2/c1-2-14-13-8-12(9-20-16(13)24-21-14)17(23)22-7-3-4-11(10-22)15-18-5-6-19-15/h5-6,8-9,11H,2-4,7,10H2,1H3,(H,18,19). The quantitative estimate of drug-likeness (QED) is 0.799. The minimum Gasteiger partial charge on any atom is -0.348 e. The second kappa shape index (κ2) is 6.07. The normalized spacial score (nSPS) is 18.2. The molecule has 0 aromatic carbocycles. The summed E-state index contributed by atoms with van der Waals surface area (Å²) in [7, 11) is 0. The number of rotatable bonds is 3. The van der Waals surface area contributed by atoms with Gasteiger partial charge in [0, 0.05) is 37.6 Å². The Morgan fingerprint density at radius 3 is 3.17 bits per heavy atom. The summed E-state index contributed by atoms with van der Waals surface area (Å²) in [6.07, 6.45) is 7.92. The van der Waals surface area contributed by atoms with Crippen LogP contribution in [0, 0.1) is 0 Å². The molecule has 1 amide bonds. The van der Waals surface area contributed by atoms with Crippen LogP contribution in [0.1, 0.15) is 47.6 Å². The van der Waals surface area contributed by atoms with E-state index in [1.165, 1.54) is 0 Å². The third-order valence-electron chi connectivity index (χ3n) is 4.60. The van der Waals surface area contributed by atoms with Crippen molar-refractivity contribution in [3.8, 4) is 0 Å². The van der Waals surface area contributed by atoms with Crippen LogP contribution in [0.4, 0.5) is 0 Å². The molecule has 3 aromatic heterocycles. The van der Waals surface area contributed by atoms with Crippen LogP contribution in [0.25, 0.3) is 11.1 Å². The molecule has 1 unspecified atom stereocenters. The first-order chi connectivity index (χ1) is 11.8. The summed E-state index contributed by atoms with van der Waals surface area (Å²) in [6, 6.07) is 1.84. The molecule has 0 bridgehead atoms. The molecule has 4 heterocycles. The number of fused-ring (bicyclic) bond motifs is 1. The fourth-order valence-electron chi connectivity index (χ4n) is 3.32. The first kappa shape index (κ1) is 14.9. The number of imidazole rings is 1. The first-order valence-corrected chi connectivity index (χ1v) is 8.29. The number of piperidine rings is 1. The van der Waals surface area contributed by atoms with Crippen molar-refractivity contribution in [3.63, 3.8) is 0 Å². The molecule has 0 spiro atoms. The highest BCUT2D eigenvalue weighted by atomic mass is 16.5. The predicted octanol–water partition coefficient (Wildman–Crippen LogP) is 2.53. The summed E-state index contributed by atoms with van der Waals surface area (Å²) >= 11 is 0. The maximum Gasteiger partial charge on any atom is 0.257 e. The van der Waals surface area contributed by atoms with E-state index < -0.39 is 0 Å². The van der Waals surface area contributed by atoms with Crippen molar-refractivity contribution in [3.05, 3.63) is 41.7 Å². The monoisotopic (exact) mass is 325 g/mol. The lowest BCUT2D eigenvalue weighted by atomic mass is 9.97. The summed E-state index contributed by atoms with van der Waals surface area (Å²) in [5, 5.41) is 4.82. The minimum atomic E-state index is 0.00362. The summed E-state index contributed by atoms with van der Waals surface area (Å²) in [5.41, 5.74) is 1.90. The lowest BCUT2D eigenvalue weighted by Gasteiger charge is -2.31. The summed E-state index contributed by atoms with van der Waals surface area (Å²) in [4.78, 5) is 26.5. The van der Waals surface area contributed by atoms with Gasteiger partial charge < -0.3 is 14.4 Å². The molecule has 1 fully saturated rings. The van der Waals surface area contributed by atoms with Crippen LogP contribution in [-0.4, -0.2) is 44.0 Å². The Labute approximate surface area is 139 Å². The van der Waals surface area contributed by atoms with Crippen LogP contribution in [-0.2, 0) is 6.42 Å². The van der Waals surface area contributed by atoms with Gasteiger partial charge in [-0.25, -0.2) is 9.97 Å². The van der Waals surface area contributed by atoms with Crippen molar-refractivity contribution in [2.45, 2.75) is 32.1 Å². The Balaban J connectivity index is 1.58. The number of carbonyl (C=O) groups is 1. The van der Waals surface area contributed by atoms with Gasteiger partial charge in [-0.3, -0.25) is 4.79 Å². The molecule has 1 atom stereocenters. The van der Waals surface area contributed by atoms with E-state index >= 15 is 0 Å². The molecule has 0 radical (unpaired) electrons. The SMILES string of the molecule is CCc1noc2ncc(C(=O)N3CCCC(c4ncc[nH]4)C3)cc12. The fraction of sp³-hybridized carbons (Fsp3) is 0.412. The Morgan fingerprint density at radius 2 is 2.38 bits per heavy atom. The second-order valence-electron chi connectivity index (χ2n) is 6.12. The van der Waals surface area contributed by atoms with Gasteiger partial charge in [0.2, 0.25) is 0 Å². The van der Waals surface area contributed by atoms with Crippen molar-refractivity contribution in [2.24, 2.45) is 0 Å². The predicted molar refractivity (Wildman–Crippen MR) is 87.6 cm³/mol. The van der Waals surface area contributed by atoms with Crippen LogP contribution in [0.3, 0.4) is 0 Å². The third-order valence-corrected chi connectivity index (χ3v) is 4.60. The van der Waals surface area contributed by atoms with E-state index in [4.69, 9.17) is 4.52 Å². The number of H-pyrrole nitrogens is 1. The van der Waals surface area contributed by atoms with E-state index in [0.717, 1.165) is 42.7 Å². The molecule has 7 nitrogen and oxygen atoms in total. The van der Waals surface area contributed by atoms with E-state index in [2.05, 4.69) is 20.1 Å². The van der Waals surface area contributed by atoms with Gasteiger partial charge in [0.25, 0.3) is 11.6 Å². The number of hydrogen-bond acceptors (Lipinski definition) is 5. The van der Waals surface area contributed by atoms with Crippen molar-refractivity contribution >= 4 is 17.0 Å². The van der Waals surface area contributed by atoms with Crippen molar-refractivity contribution in [1.29, 1.82) is 0 Å². The summed E-state index contributed by atoms with van der Waals surface area (Å²) in [6.45, 7) is 3.44. The molecule has 1 N–H and O–H groups in total. The largest absolute Gasteiger partial charge is 0.348 e. The average Bonchev–Trinajstić information content (AvgIpc) is 3.30. The maximum absolute atomic E-state index is 12.9. The molecule has 1 aliphatic heterocycles. The molecule has 0 aliphatic carbocycles. The number of aryl methyl sites for hydroxylation is 1. The lowest BCUT2D eigenvalue weighted by molar-refractivity contribution is 0.0704. The number of carbonyl (C=O) groups excluding carboxylic acids is 1. The molecule has 7 heteroatoms. The highest BCUT2D eigenvalue weighted by Crippen LogP contribution is 2.26. The molecule has 3 aromatic rings. The zero-order valence-electron chi connectivity index (χ0n) is 13.5. The van der Waals surface area contributed by atoms with Gasteiger partial charge in [-0.05, 0) is 25.3 Å². The van der Waals surface area contributed by atoms with E-state index in [1.54, 1.807) is 12.4 Å². The molecule has 0 saturated carbocycles. The van der Waals surface area contributed by atoms with Crippen LogP contribution < -0.4 is 0 Å². The van der Waals surface area contributed by atoms with Crippen LogP contribution in [0.2, 0.25) is 0 Å². The van der Waals surface area contributed by atoms with Crippen molar-refractivity contribution < 1.29 is 9.32 Å².